The zero-order valence-corrected chi connectivity index (χ0v) is 13.4. The molecule has 0 bridgehead atoms. The van der Waals surface area contributed by atoms with E-state index in [4.69, 9.17) is 9.26 Å². The molecule has 6 heteroatoms. The highest BCUT2D eigenvalue weighted by atomic mass is 16.5. The van der Waals surface area contributed by atoms with Crippen LogP contribution in [0.5, 0.6) is 0 Å². The predicted molar refractivity (Wildman–Crippen MR) is 81.5 cm³/mol. The zero-order valence-electron chi connectivity index (χ0n) is 13.4. The third-order valence-electron chi connectivity index (χ3n) is 5.21. The Bertz CT molecular complexity index is 496. The van der Waals surface area contributed by atoms with Crippen LogP contribution in [0.2, 0.25) is 0 Å². The minimum Gasteiger partial charge on any atom is -0.381 e. The van der Waals surface area contributed by atoms with E-state index < -0.39 is 0 Å². The van der Waals surface area contributed by atoms with Crippen LogP contribution in [0.3, 0.4) is 0 Å². The first-order valence-electron chi connectivity index (χ1n) is 8.61. The van der Waals surface area contributed by atoms with Gasteiger partial charge in [0.05, 0.1) is 13.2 Å². The summed E-state index contributed by atoms with van der Waals surface area (Å²) in [5.41, 5.74) is 0. The minimum atomic E-state index is 0.544. The fourth-order valence-corrected chi connectivity index (χ4v) is 3.61. The quantitative estimate of drug-likeness (QED) is 0.794. The normalized spacial score (nSPS) is 29.7. The van der Waals surface area contributed by atoms with E-state index in [0.29, 0.717) is 12.0 Å². The molecule has 0 N–H and O–H groups in total. The van der Waals surface area contributed by atoms with Crippen LogP contribution in [0.15, 0.2) is 4.52 Å². The van der Waals surface area contributed by atoms with E-state index in [1.807, 2.05) is 0 Å². The number of hydrogen-bond donors (Lipinski definition) is 0. The monoisotopic (exact) mass is 306 g/mol. The Hall–Kier alpha value is -0.980. The molecule has 2 atom stereocenters. The van der Waals surface area contributed by atoms with Crippen molar-refractivity contribution >= 4 is 0 Å². The van der Waals surface area contributed by atoms with Crippen molar-refractivity contribution in [3.05, 3.63) is 11.7 Å². The fourth-order valence-electron chi connectivity index (χ4n) is 3.61. The van der Waals surface area contributed by atoms with Gasteiger partial charge in [-0.1, -0.05) is 5.16 Å². The van der Waals surface area contributed by atoms with Crippen molar-refractivity contribution in [3.8, 4) is 0 Å². The van der Waals surface area contributed by atoms with Gasteiger partial charge in [-0.2, -0.15) is 4.98 Å². The SMILES string of the molecule is CN(Cc1noc(C2CC2)n1)C1CCN(CC2CCOC2)C1. The van der Waals surface area contributed by atoms with Crippen LogP contribution in [-0.4, -0.2) is 65.9 Å². The van der Waals surface area contributed by atoms with E-state index in [1.165, 1.54) is 38.8 Å². The van der Waals surface area contributed by atoms with Crippen LogP contribution in [0.25, 0.3) is 0 Å². The molecule has 2 saturated heterocycles. The van der Waals surface area contributed by atoms with Crippen LogP contribution in [0.1, 0.15) is 43.3 Å². The highest BCUT2D eigenvalue weighted by Crippen LogP contribution is 2.38. The lowest BCUT2D eigenvalue weighted by molar-refractivity contribution is 0.168. The maximum Gasteiger partial charge on any atom is 0.229 e. The third kappa shape index (κ3) is 3.34. The number of hydrogen-bond acceptors (Lipinski definition) is 6. The standard InChI is InChI=1S/C16H26N4O2/c1-19(10-15-17-16(22-18-15)13-2-3-13)14-4-6-20(9-14)8-12-5-7-21-11-12/h12-14H,2-11H2,1H3. The smallest absolute Gasteiger partial charge is 0.229 e. The van der Waals surface area contributed by atoms with Gasteiger partial charge in [-0.05, 0) is 45.2 Å². The van der Waals surface area contributed by atoms with E-state index in [2.05, 4.69) is 27.0 Å². The molecule has 0 aromatic carbocycles. The Balaban J connectivity index is 1.26. The van der Waals surface area contributed by atoms with Gasteiger partial charge in [0.25, 0.3) is 0 Å². The molecule has 3 aliphatic rings. The molecule has 2 unspecified atom stereocenters. The van der Waals surface area contributed by atoms with Gasteiger partial charge in [-0.15, -0.1) is 0 Å². The molecule has 122 valence electrons. The van der Waals surface area contributed by atoms with Crippen LogP contribution in [-0.2, 0) is 11.3 Å². The first kappa shape index (κ1) is 14.6. The molecule has 3 heterocycles. The van der Waals surface area contributed by atoms with Gasteiger partial charge in [0, 0.05) is 31.7 Å². The highest BCUT2D eigenvalue weighted by Gasteiger charge is 2.31. The molecule has 0 amide bonds. The second kappa shape index (κ2) is 6.26. The number of likely N-dealkylation sites (N-methyl/N-ethyl adjacent to an activating group) is 1. The molecule has 1 aromatic heterocycles. The third-order valence-corrected chi connectivity index (χ3v) is 5.21. The zero-order chi connectivity index (χ0) is 14.9. The van der Waals surface area contributed by atoms with Gasteiger partial charge in [-0.25, -0.2) is 0 Å². The van der Waals surface area contributed by atoms with Gasteiger partial charge in [0.1, 0.15) is 0 Å². The van der Waals surface area contributed by atoms with Crippen molar-refractivity contribution in [2.75, 3.05) is 39.9 Å². The van der Waals surface area contributed by atoms with E-state index >= 15 is 0 Å². The van der Waals surface area contributed by atoms with Crippen LogP contribution < -0.4 is 0 Å². The van der Waals surface area contributed by atoms with E-state index in [-0.39, 0.29) is 0 Å². The Morgan fingerprint density at radius 1 is 1.27 bits per heavy atom. The largest absolute Gasteiger partial charge is 0.381 e. The molecule has 2 aliphatic heterocycles. The highest BCUT2D eigenvalue weighted by molar-refractivity contribution is 5.01. The van der Waals surface area contributed by atoms with Crippen molar-refractivity contribution < 1.29 is 9.26 Å². The first-order valence-corrected chi connectivity index (χ1v) is 8.61. The topological polar surface area (TPSA) is 54.6 Å². The lowest BCUT2D eigenvalue weighted by atomic mass is 10.1. The summed E-state index contributed by atoms with van der Waals surface area (Å²) >= 11 is 0. The summed E-state index contributed by atoms with van der Waals surface area (Å²) in [6.07, 6.45) is 4.88. The average molecular weight is 306 g/mol. The predicted octanol–water partition coefficient (Wildman–Crippen LogP) is 1.49. The van der Waals surface area contributed by atoms with Gasteiger partial charge >= 0.3 is 0 Å². The molecule has 0 spiro atoms. The van der Waals surface area contributed by atoms with Crippen molar-refractivity contribution in [1.29, 1.82) is 0 Å². The summed E-state index contributed by atoms with van der Waals surface area (Å²) in [6, 6.07) is 0.602. The number of likely N-dealkylation sites (tertiary alicyclic amines) is 1. The number of rotatable bonds is 6. The van der Waals surface area contributed by atoms with Crippen molar-refractivity contribution in [2.45, 2.75) is 44.2 Å². The molecule has 4 rings (SSSR count). The number of ether oxygens (including phenoxy) is 1. The Morgan fingerprint density at radius 3 is 2.95 bits per heavy atom. The molecule has 22 heavy (non-hydrogen) atoms. The van der Waals surface area contributed by atoms with Crippen molar-refractivity contribution in [2.24, 2.45) is 5.92 Å². The lowest BCUT2D eigenvalue weighted by Gasteiger charge is -2.24. The maximum atomic E-state index is 5.48. The Kier molecular flexibility index (Phi) is 4.15. The molecule has 1 aliphatic carbocycles. The van der Waals surface area contributed by atoms with Crippen LogP contribution in [0, 0.1) is 5.92 Å². The van der Waals surface area contributed by atoms with Gasteiger partial charge in [0.2, 0.25) is 5.89 Å². The molecular formula is C16H26N4O2. The molecule has 6 nitrogen and oxygen atoms in total. The van der Waals surface area contributed by atoms with Crippen molar-refractivity contribution in [1.82, 2.24) is 19.9 Å². The molecule has 1 aromatic rings. The number of aromatic nitrogens is 2. The summed E-state index contributed by atoms with van der Waals surface area (Å²) in [6.45, 7) is 6.23. The van der Waals surface area contributed by atoms with E-state index in [0.717, 1.165) is 43.9 Å². The van der Waals surface area contributed by atoms with E-state index in [9.17, 15) is 0 Å². The maximum absolute atomic E-state index is 5.48. The number of nitrogens with zero attached hydrogens (tertiary/aromatic N) is 4. The van der Waals surface area contributed by atoms with Crippen LogP contribution in [0.4, 0.5) is 0 Å². The fraction of sp³-hybridized carbons (Fsp3) is 0.875. The van der Waals surface area contributed by atoms with Crippen LogP contribution >= 0.6 is 0 Å². The summed E-state index contributed by atoms with van der Waals surface area (Å²) < 4.78 is 10.8. The summed E-state index contributed by atoms with van der Waals surface area (Å²) in [5, 5.41) is 4.13. The minimum absolute atomic E-state index is 0.544. The molecule has 0 radical (unpaired) electrons. The summed E-state index contributed by atoms with van der Waals surface area (Å²) in [5.74, 6) is 2.97. The van der Waals surface area contributed by atoms with Gasteiger partial charge in [0.15, 0.2) is 5.82 Å². The van der Waals surface area contributed by atoms with E-state index in [1.54, 1.807) is 0 Å². The second-order valence-corrected chi connectivity index (χ2v) is 7.17. The summed E-state index contributed by atoms with van der Waals surface area (Å²) in [7, 11) is 2.18. The lowest BCUT2D eigenvalue weighted by Crippen LogP contribution is -2.35. The average Bonchev–Trinajstić information content (AvgIpc) is 2.96. The van der Waals surface area contributed by atoms with Crippen molar-refractivity contribution in [3.63, 3.8) is 0 Å². The molecule has 3 fully saturated rings. The summed E-state index contributed by atoms with van der Waals surface area (Å²) in [4.78, 5) is 9.51. The molecule has 1 saturated carbocycles. The van der Waals surface area contributed by atoms with Gasteiger partial charge < -0.3 is 14.2 Å². The Morgan fingerprint density at radius 2 is 2.18 bits per heavy atom. The Labute approximate surface area is 131 Å². The van der Waals surface area contributed by atoms with Gasteiger partial charge in [-0.3, -0.25) is 4.90 Å². The molecular weight excluding hydrogens is 280 g/mol. The first-order chi connectivity index (χ1) is 10.8. The second-order valence-electron chi connectivity index (χ2n) is 7.17.